The fourth-order valence-corrected chi connectivity index (χ4v) is 2.98. The summed E-state index contributed by atoms with van der Waals surface area (Å²) in [6, 6.07) is 6.87. The van der Waals surface area contributed by atoms with E-state index in [-0.39, 0.29) is 10.6 Å². The Morgan fingerprint density at radius 3 is 2.79 bits per heavy atom. The molecule has 1 rings (SSSR count). The van der Waals surface area contributed by atoms with Crippen LogP contribution in [0.25, 0.3) is 5.57 Å². The number of rotatable bonds is 3. The molecule has 0 N–H and O–H groups in total. The van der Waals surface area contributed by atoms with E-state index < -0.39 is 0 Å². The second kappa shape index (κ2) is 5.24. The zero-order valence-electron chi connectivity index (χ0n) is 8.06. The summed E-state index contributed by atoms with van der Waals surface area (Å²) in [5.41, 5.74) is 1.94. The van der Waals surface area contributed by atoms with Crippen molar-refractivity contribution in [3.63, 3.8) is 0 Å². The van der Waals surface area contributed by atoms with Gasteiger partial charge in [0.05, 0.1) is 0 Å². The zero-order chi connectivity index (χ0) is 10.6. The fourth-order valence-electron chi connectivity index (χ4n) is 1.29. The minimum absolute atomic E-state index is 0.197. The van der Waals surface area contributed by atoms with Gasteiger partial charge in [0.1, 0.15) is 0 Å². The van der Waals surface area contributed by atoms with Gasteiger partial charge in [-0.3, -0.25) is 0 Å². The number of hydrogen-bond donors (Lipinski definition) is 0. The molecule has 0 radical (unpaired) electrons. The van der Waals surface area contributed by atoms with E-state index in [4.69, 9.17) is 0 Å². The molecule has 0 heterocycles. The van der Waals surface area contributed by atoms with E-state index in [0.29, 0.717) is 26.1 Å². The molecule has 0 spiro atoms. The van der Waals surface area contributed by atoms with Crippen LogP contribution in [-0.4, -0.2) is 4.92 Å². The van der Waals surface area contributed by atoms with E-state index in [1.54, 1.807) is 18.2 Å². The third-order valence-corrected chi connectivity index (χ3v) is 3.10. The Kier molecular flexibility index (Phi) is 4.26. The first kappa shape index (κ1) is 11.4. The van der Waals surface area contributed by atoms with Crippen molar-refractivity contribution >= 4 is 11.3 Å². The summed E-state index contributed by atoms with van der Waals surface area (Å²) < 4.78 is 1.08. The number of benzene rings is 1. The predicted molar refractivity (Wildman–Crippen MR) is 51.6 cm³/mol. The normalized spacial score (nSPS) is 11.5. The molecule has 0 aliphatic rings. The van der Waals surface area contributed by atoms with Crippen LogP contribution in [0.2, 0.25) is 3.93 Å². The molecule has 0 fully saturated rings. The Balaban J connectivity index is 3.20. The van der Waals surface area contributed by atoms with Gasteiger partial charge >= 0.3 is 99.2 Å². The Hall–Kier alpha value is -0.705. The summed E-state index contributed by atoms with van der Waals surface area (Å²) in [6.07, 6.45) is 2.07. The van der Waals surface area contributed by atoms with E-state index in [9.17, 15) is 10.1 Å². The summed E-state index contributed by atoms with van der Waals surface area (Å²) in [7, 11) is 0. The molecule has 14 heavy (non-hydrogen) atoms. The van der Waals surface area contributed by atoms with Crippen molar-refractivity contribution in [2.45, 2.75) is 10.9 Å². The van der Waals surface area contributed by atoms with Crippen molar-refractivity contribution in [3.05, 3.63) is 46.0 Å². The number of allylic oxidation sites excluding steroid dienone is 2. The van der Waals surface area contributed by atoms with Crippen LogP contribution in [0.15, 0.2) is 30.3 Å². The van der Waals surface area contributed by atoms with Gasteiger partial charge in [-0.15, -0.1) is 0 Å². The van der Waals surface area contributed by atoms with Gasteiger partial charge in [0.25, 0.3) is 0 Å². The average Bonchev–Trinajstić information content (AvgIpc) is 2.18. The van der Waals surface area contributed by atoms with E-state index in [1.807, 2.05) is 13.0 Å². The van der Waals surface area contributed by atoms with Crippen molar-refractivity contribution in [3.8, 4) is 0 Å². The maximum atomic E-state index is 10.7. The molecule has 0 amide bonds. The number of hydrogen-bond acceptors (Lipinski definition) is 2. The van der Waals surface area contributed by atoms with Crippen molar-refractivity contribution in [1.29, 1.82) is 0 Å². The molecule has 0 aliphatic heterocycles. The molecule has 0 aliphatic carbocycles. The van der Waals surface area contributed by atoms with Gasteiger partial charge in [-0.2, -0.15) is 0 Å². The van der Waals surface area contributed by atoms with Gasteiger partial charge in [0.15, 0.2) is 0 Å². The first-order valence-electron chi connectivity index (χ1n) is 4.36. The molecule has 1 aromatic carbocycles. The summed E-state index contributed by atoms with van der Waals surface area (Å²) in [5, 5.41) is 10.7. The number of nitro groups is 1. The molecule has 1 aromatic rings. The van der Waals surface area contributed by atoms with Crippen molar-refractivity contribution in [2.75, 3.05) is 0 Å². The molecular formula is C10H10HgNO2. The summed E-state index contributed by atoms with van der Waals surface area (Å²) >= 11 is 0.715. The van der Waals surface area contributed by atoms with Crippen LogP contribution in [0, 0.1) is 10.1 Å². The topological polar surface area (TPSA) is 43.1 Å². The molecule has 0 aromatic heterocycles. The van der Waals surface area contributed by atoms with E-state index in [1.165, 1.54) is 0 Å². The Bertz CT molecular complexity index is 374. The fraction of sp³-hybridized carbons (Fsp3) is 0.200. The average molecular weight is 377 g/mol. The van der Waals surface area contributed by atoms with E-state index in [0.717, 1.165) is 15.1 Å². The summed E-state index contributed by atoms with van der Waals surface area (Å²) in [5.74, 6) is 0. The first-order valence-corrected chi connectivity index (χ1v) is 8.25. The third-order valence-electron chi connectivity index (χ3n) is 1.98. The Labute approximate surface area is 98.9 Å². The van der Waals surface area contributed by atoms with Gasteiger partial charge in [0, 0.05) is 0 Å². The van der Waals surface area contributed by atoms with Crippen LogP contribution in [0.4, 0.5) is 5.69 Å². The standard InChI is InChI=1S/C10H10NO2.Hg/c1-3-8(2)9-6-4-5-7-10(9)11(12)13;/h3-7H,1H2,2H3;/b8-3+;. The Morgan fingerprint density at radius 2 is 2.21 bits per heavy atom. The quantitative estimate of drug-likeness (QED) is 0.462. The van der Waals surface area contributed by atoms with Crippen molar-refractivity contribution < 1.29 is 31.0 Å². The first-order chi connectivity index (χ1) is 6.66. The molecular weight excluding hydrogens is 367 g/mol. The van der Waals surface area contributed by atoms with Gasteiger partial charge in [-0.25, -0.2) is 0 Å². The summed E-state index contributed by atoms with van der Waals surface area (Å²) in [6.45, 7) is 1.93. The van der Waals surface area contributed by atoms with Crippen LogP contribution in [0.3, 0.4) is 0 Å². The van der Waals surface area contributed by atoms with Crippen LogP contribution < -0.4 is 0 Å². The molecule has 0 atom stereocenters. The SMILES string of the molecule is C/C(=C\[CH2][Hg])c1ccccc1[N+](=O)[O-]. The molecule has 0 saturated carbocycles. The molecule has 0 bridgehead atoms. The molecule has 3 nitrogen and oxygen atoms in total. The second-order valence-electron chi connectivity index (χ2n) is 2.95. The van der Waals surface area contributed by atoms with E-state index in [2.05, 4.69) is 6.08 Å². The molecule has 4 heteroatoms. The van der Waals surface area contributed by atoms with Gasteiger partial charge in [-0.05, 0) is 0 Å². The predicted octanol–water partition coefficient (Wildman–Crippen LogP) is 2.96. The van der Waals surface area contributed by atoms with Gasteiger partial charge in [0.2, 0.25) is 0 Å². The molecule has 0 saturated heterocycles. The van der Waals surface area contributed by atoms with Crippen LogP contribution in [-0.2, 0) is 26.1 Å². The van der Waals surface area contributed by atoms with Crippen molar-refractivity contribution in [2.24, 2.45) is 0 Å². The summed E-state index contributed by atoms with van der Waals surface area (Å²) in [4.78, 5) is 10.4. The maximum absolute atomic E-state index is 10.7. The second-order valence-corrected chi connectivity index (χ2v) is 5.19. The van der Waals surface area contributed by atoms with Crippen LogP contribution in [0.1, 0.15) is 12.5 Å². The zero-order valence-corrected chi connectivity index (χ0v) is 13.6. The number of para-hydroxylation sites is 1. The van der Waals surface area contributed by atoms with E-state index >= 15 is 0 Å². The minimum atomic E-state index is -0.329. The number of nitrogens with zero attached hydrogens (tertiary/aromatic N) is 1. The number of nitro benzene ring substituents is 1. The van der Waals surface area contributed by atoms with Crippen LogP contribution in [0.5, 0.6) is 0 Å². The van der Waals surface area contributed by atoms with Gasteiger partial charge < -0.3 is 0 Å². The Morgan fingerprint density at radius 1 is 1.57 bits per heavy atom. The monoisotopic (exact) mass is 378 g/mol. The third kappa shape index (κ3) is 2.64. The van der Waals surface area contributed by atoms with Crippen molar-refractivity contribution in [1.82, 2.24) is 0 Å². The molecule has 69 valence electrons. The van der Waals surface area contributed by atoms with Crippen LogP contribution >= 0.6 is 0 Å². The van der Waals surface area contributed by atoms with Gasteiger partial charge in [-0.1, -0.05) is 0 Å². The molecule has 0 unspecified atom stereocenters.